The number of hydrogen-bond donors (Lipinski definition) is 2. The zero-order chi connectivity index (χ0) is 15.4. The first-order chi connectivity index (χ1) is 9.99. The predicted molar refractivity (Wildman–Crippen MR) is 77.7 cm³/mol. The lowest BCUT2D eigenvalue weighted by molar-refractivity contribution is -0.385. The van der Waals surface area contributed by atoms with E-state index in [1.807, 2.05) is 0 Å². The number of carbonyl (C=O) groups is 1. The number of nitrogens with one attached hydrogen (secondary N) is 1. The van der Waals surface area contributed by atoms with Gasteiger partial charge >= 0.3 is 0 Å². The number of rotatable bonds is 4. The van der Waals surface area contributed by atoms with Crippen molar-refractivity contribution in [2.75, 3.05) is 5.73 Å². The van der Waals surface area contributed by atoms with Crippen molar-refractivity contribution < 1.29 is 9.72 Å². The summed E-state index contributed by atoms with van der Waals surface area (Å²) in [5, 5.41) is 13.5. The third kappa shape index (κ3) is 3.33. The lowest BCUT2D eigenvalue weighted by atomic mass is 10.1. The average Bonchev–Trinajstić information content (AvgIpc) is 2.46. The minimum Gasteiger partial charge on any atom is -0.397 e. The molecule has 2 rings (SSSR count). The Morgan fingerprint density at radius 1 is 1.38 bits per heavy atom. The maximum atomic E-state index is 11.9. The summed E-state index contributed by atoms with van der Waals surface area (Å²) in [4.78, 5) is 26.2. The molecule has 0 fully saturated rings. The molecule has 0 aliphatic carbocycles. The number of nitro groups is 1. The molecule has 1 aromatic heterocycles. The molecule has 7 nitrogen and oxygen atoms in total. The van der Waals surface area contributed by atoms with Crippen LogP contribution >= 0.6 is 0 Å². The molecule has 108 valence electrons. The van der Waals surface area contributed by atoms with Crippen LogP contribution in [0, 0.1) is 17.0 Å². The Hall–Kier alpha value is -2.96. The first kappa shape index (κ1) is 14.4. The molecule has 7 heteroatoms. The van der Waals surface area contributed by atoms with Crippen LogP contribution in [0.2, 0.25) is 0 Å². The van der Waals surface area contributed by atoms with Gasteiger partial charge in [0.05, 0.1) is 16.8 Å². The lowest BCUT2D eigenvalue weighted by Gasteiger charge is -2.08. The van der Waals surface area contributed by atoms with Gasteiger partial charge in [0.2, 0.25) is 0 Å². The van der Waals surface area contributed by atoms with E-state index < -0.39 is 4.92 Å². The largest absolute Gasteiger partial charge is 0.397 e. The fraction of sp³-hybridized carbons (Fsp3) is 0.143. The topological polar surface area (TPSA) is 111 Å². The number of nitrogens with zero attached hydrogens (tertiary/aromatic N) is 2. The van der Waals surface area contributed by atoms with Crippen LogP contribution in [0.15, 0.2) is 36.5 Å². The summed E-state index contributed by atoms with van der Waals surface area (Å²) in [6.07, 6.45) is 1.40. The van der Waals surface area contributed by atoms with Gasteiger partial charge in [0, 0.05) is 18.2 Å². The quantitative estimate of drug-likeness (QED) is 0.657. The number of nitrogens with two attached hydrogens (primary N) is 1. The summed E-state index contributed by atoms with van der Waals surface area (Å²) in [5.74, 6) is -0.360. The van der Waals surface area contributed by atoms with E-state index in [0.717, 1.165) is 0 Å². The van der Waals surface area contributed by atoms with Gasteiger partial charge in [-0.3, -0.25) is 14.9 Å². The first-order valence-electron chi connectivity index (χ1n) is 6.21. The minimum atomic E-state index is -0.442. The van der Waals surface area contributed by atoms with Crippen LogP contribution in [0.1, 0.15) is 21.6 Å². The molecule has 2 aromatic rings. The molecule has 0 unspecified atom stereocenters. The van der Waals surface area contributed by atoms with Gasteiger partial charge in [-0.05, 0) is 24.6 Å². The standard InChI is InChI=1S/C14H14N4O3/c1-9-10(3-2-4-13(9)18(20)21)7-17-14(19)12-6-5-11(15)8-16-12/h2-6,8H,7,15H2,1H3,(H,17,19). The van der Waals surface area contributed by atoms with Gasteiger partial charge in [0.15, 0.2) is 0 Å². The number of amides is 1. The monoisotopic (exact) mass is 286 g/mol. The molecule has 3 N–H and O–H groups in total. The van der Waals surface area contributed by atoms with Crippen molar-refractivity contribution >= 4 is 17.3 Å². The number of aromatic nitrogens is 1. The fourth-order valence-electron chi connectivity index (χ4n) is 1.86. The highest BCUT2D eigenvalue weighted by Crippen LogP contribution is 2.20. The second-order valence-electron chi connectivity index (χ2n) is 4.48. The summed E-state index contributed by atoms with van der Waals surface area (Å²) < 4.78 is 0. The summed E-state index contributed by atoms with van der Waals surface area (Å²) in [6, 6.07) is 7.86. The van der Waals surface area contributed by atoms with Gasteiger partial charge < -0.3 is 11.1 Å². The number of carbonyl (C=O) groups excluding carboxylic acids is 1. The number of hydrogen-bond acceptors (Lipinski definition) is 5. The molecule has 1 aromatic carbocycles. The smallest absolute Gasteiger partial charge is 0.272 e. The van der Waals surface area contributed by atoms with Crippen LogP contribution in [0.3, 0.4) is 0 Å². The summed E-state index contributed by atoms with van der Waals surface area (Å²) in [7, 11) is 0. The molecule has 1 amide bonds. The highest BCUT2D eigenvalue weighted by Gasteiger charge is 2.14. The Balaban J connectivity index is 2.10. The number of benzene rings is 1. The normalized spacial score (nSPS) is 10.1. The Kier molecular flexibility index (Phi) is 4.13. The molecular weight excluding hydrogens is 272 g/mol. The third-order valence-corrected chi connectivity index (χ3v) is 3.07. The van der Waals surface area contributed by atoms with Crippen LogP contribution in [-0.2, 0) is 6.54 Å². The molecule has 21 heavy (non-hydrogen) atoms. The molecule has 0 radical (unpaired) electrons. The van der Waals surface area contributed by atoms with Crippen molar-refractivity contribution in [2.24, 2.45) is 0 Å². The van der Waals surface area contributed by atoms with Gasteiger partial charge in [-0.15, -0.1) is 0 Å². The maximum Gasteiger partial charge on any atom is 0.272 e. The third-order valence-electron chi connectivity index (χ3n) is 3.07. The molecule has 0 spiro atoms. The summed E-state index contributed by atoms with van der Waals surface area (Å²) in [5.41, 5.74) is 7.47. The van der Waals surface area contributed by atoms with Crippen molar-refractivity contribution in [2.45, 2.75) is 13.5 Å². The molecule has 0 bridgehead atoms. The molecular formula is C14H14N4O3. The second kappa shape index (κ2) is 6.00. The Bertz CT molecular complexity index is 683. The minimum absolute atomic E-state index is 0.0346. The fourth-order valence-corrected chi connectivity index (χ4v) is 1.86. The molecule has 1 heterocycles. The molecule has 0 aliphatic rings. The Morgan fingerprint density at radius 3 is 2.76 bits per heavy atom. The molecule has 0 saturated carbocycles. The SMILES string of the molecule is Cc1c(CNC(=O)c2ccc(N)cn2)cccc1[N+](=O)[O-]. The van der Waals surface area contributed by atoms with Crippen LogP contribution < -0.4 is 11.1 Å². The van der Waals surface area contributed by atoms with E-state index in [9.17, 15) is 14.9 Å². The zero-order valence-electron chi connectivity index (χ0n) is 11.4. The number of pyridine rings is 1. The van der Waals surface area contributed by atoms with E-state index >= 15 is 0 Å². The van der Waals surface area contributed by atoms with Crippen molar-refractivity contribution in [1.29, 1.82) is 0 Å². The van der Waals surface area contributed by atoms with Gasteiger partial charge in [-0.2, -0.15) is 0 Å². The van der Waals surface area contributed by atoms with Crippen LogP contribution in [0.5, 0.6) is 0 Å². The Morgan fingerprint density at radius 2 is 2.14 bits per heavy atom. The van der Waals surface area contributed by atoms with E-state index in [1.165, 1.54) is 18.3 Å². The van der Waals surface area contributed by atoms with Gasteiger partial charge in [0.25, 0.3) is 11.6 Å². The van der Waals surface area contributed by atoms with Crippen LogP contribution in [0.4, 0.5) is 11.4 Å². The van der Waals surface area contributed by atoms with Gasteiger partial charge in [0.1, 0.15) is 5.69 Å². The summed E-state index contributed by atoms with van der Waals surface area (Å²) in [6.45, 7) is 1.85. The van der Waals surface area contributed by atoms with Gasteiger partial charge in [-0.25, -0.2) is 4.98 Å². The first-order valence-corrected chi connectivity index (χ1v) is 6.21. The van der Waals surface area contributed by atoms with Crippen molar-refractivity contribution in [1.82, 2.24) is 10.3 Å². The Labute approximate surface area is 121 Å². The lowest BCUT2D eigenvalue weighted by Crippen LogP contribution is -2.24. The average molecular weight is 286 g/mol. The highest BCUT2D eigenvalue weighted by atomic mass is 16.6. The van der Waals surface area contributed by atoms with Crippen molar-refractivity contribution in [3.63, 3.8) is 0 Å². The highest BCUT2D eigenvalue weighted by molar-refractivity contribution is 5.92. The molecule has 0 atom stereocenters. The van der Waals surface area contributed by atoms with Gasteiger partial charge in [-0.1, -0.05) is 12.1 Å². The maximum absolute atomic E-state index is 11.9. The van der Waals surface area contributed by atoms with Crippen molar-refractivity contribution in [3.8, 4) is 0 Å². The van der Waals surface area contributed by atoms with Crippen LogP contribution in [-0.4, -0.2) is 15.8 Å². The molecule has 0 saturated heterocycles. The van der Waals surface area contributed by atoms with Crippen LogP contribution in [0.25, 0.3) is 0 Å². The predicted octanol–water partition coefficient (Wildman–Crippen LogP) is 1.81. The molecule has 0 aliphatic heterocycles. The van der Waals surface area contributed by atoms with E-state index in [0.29, 0.717) is 16.8 Å². The summed E-state index contributed by atoms with van der Waals surface area (Å²) >= 11 is 0. The van der Waals surface area contributed by atoms with E-state index in [4.69, 9.17) is 5.73 Å². The second-order valence-corrected chi connectivity index (χ2v) is 4.48. The zero-order valence-corrected chi connectivity index (χ0v) is 11.4. The number of nitro benzene ring substituents is 1. The number of anilines is 1. The van der Waals surface area contributed by atoms with E-state index in [1.54, 1.807) is 25.1 Å². The van der Waals surface area contributed by atoms with Crippen molar-refractivity contribution in [3.05, 3.63) is 63.5 Å². The number of nitrogen functional groups attached to an aromatic ring is 1. The van der Waals surface area contributed by atoms with E-state index in [2.05, 4.69) is 10.3 Å². The van der Waals surface area contributed by atoms with E-state index in [-0.39, 0.29) is 23.8 Å².